The molecule has 1 aliphatic rings. The molecule has 19 heavy (non-hydrogen) atoms. The van der Waals surface area contributed by atoms with Crippen LogP contribution in [0.4, 0.5) is 0 Å². The molecule has 3 N–H and O–H groups in total. The first kappa shape index (κ1) is 13.8. The van der Waals surface area contributed by atoms with E-state index >= 15 is 0 Å². The number of carboxylic acids is 1. The van der Waals surface area contributed by atoms with Crippen LogP contribution in [0.15, 0.2) is 24.3 Å². The van der Waals surface area contributed by atoms with Crippen molar-refractivity contribution in [2.45, 2.75) is 18.9 Å². The molecule has 5 heteroatoms. The molecule has 0 saturated carbocycles. The Morgan fingerprint density at radius 3 is 2.74 bits per heavy atom. The number of benzene rings is 1. The van der Waals surface area contributed by atoms with Crippen molar-refractivity contribution in [2.24, 2.45) is 5.73 Å². The minimum atomic E-state index is -0.959. The minimum absolute atomic E-state index is 0.211. The van der Waals surface area contributed by atoms with Crippen LogP contribution in [0, 0.1) is 0 Å². The molecule has 1 heterocycles. The molecule has 1 saturated heterocycles. The Bertz CT molecular complexity index is 428. The summed E-state index contributed by atoms with van der Waals surface area (Å²) in [5.41, 5.74) is 6.06. The van der Waals surface area contributed by atoms with Gasteiger partial charge in [-0.15, -0.1) is 0 Å². The van der Waals surface area contributed by atoms with Gasteiger partial charge in [0.25, 0.3) is 0 Å². The zero-order valence-corrected chi connectivity index (χ0v) is 10.9. The number of carboxylic acid groups (broad SMARTS) is 1. The molecule has 0 unspecified atom stereocenters. The van der Waals surface area contributed by atoms with E-state index in [9.17, 15) is 4.79 Å². The number of hydrogen-bond acceptors (Lipinski definition) is 4. The summed E-state index contributed by atoms with van der Waals surface area (Å²) in [6.45, 7) is 3.29. The maximum absolute atomic E-state index is 11.0. The molecule has 0 bridgehead atoms. The van der Waals surface area contributed by atoms with E-state index in [2.05, 4.69) is 4.90 Å². The van der Waals surface area contributed by atoms with Crippen LogP contribution < -0.4 is 10.5 Å². The molecule has 0 radical (unpaired) electrons. The molecule has 1 aromatic rings. The second kappa shape index (κ2) is 6.54. The molecule has 5 nitrogen and oxygen atoms in total. The second-order valence-corrected chi connectivity index (χ2v) is 4.83. The summed E-state index contributed by atoms with van der Waals surface area (Å²) in [4.78, 5) is 13.3. The Balaban J connectivity index is 1.81. The number of para-hydroxylation sites is 1. The Labute approximate surface area is 113 Å². The normalized spacial score (nSPS) is 17.3. The van der Waals surface area contributed by atoms with Crippen molar-refractivity contribution in [3.05, 3.63) is 29.8 Å². The van der Waals surface area contributed by atoms with E-state index < -0.39 is 5.97 Å². The second-order valence-electron chi connectivity index (χ2n) is 4.83. The highest BCUT2D eigenvalue weighted by atomic mass is 16.5. The molecule has 2 rings (SSSR count). The fraction of sp³-hybridized carbons (Fsp3) is 0.500. The molecule has 0 atom stereocenters. The standard InChI is InChI=1S/C14H20N2O3/c15-11-5-7-16(8-6-11)9-10-19-13-4-2-1-3-12(13)14(17)18/h1-4,11H,5-10,15H2,(H,17,18). The van der Waals surface area contributed by atoms with Crippen molar-refractivity contribution in [3.8, 4) is 5.75 Å². The van der Waals surface area contributed by atoms with E-state index in [1.807, 2.05) is 0 Å². The molecule has 1 aromatic carbocycles. The lowest BCUT2D eigenvalue weighted by molar-refractivity contribution is 0.0691. The third kappa shape index (κ3) is 3.94. The van der Waals surface area contributed by atoms with E-state index in [1.165, 1.54) is 0 Å². The van der Waals surface area contributed by atoms with Crippen LogP contribution in [-0.4, -0.2) is 48.3 Å². The SMILES string of the molecule is NC1CCN(CCOc2ccccc2C(=O)O)CC1. The number of piperidine rings is 1. The third-order valence-electron chi connectivity index (χ3n) is 3.41. The summed E-state index contributed by atoms with van der Waals surface area (Å²) < 4.78 is 5.57. The minimum Gasteiger partial charge on any atom is -0.491 e. The number of ether oxygens (including phenoxy) is 1. The van der Waals surface area contributed by atoms with Gasteiger partial charge in [0.05, 0.1) is 0 Å². The quantitative estimate of drug-likeness (QED) is 0.835. The van der Waals surface area contributed by atoms with Gasteiger partial charge in [0, 0.05) is 12.6 Å². The van der Waals surface area contributed by atoms with Gasteiger partial charge >= 0.3 is 5.97 Å². The average Bonchev–Trinajstić information content (AvgIpc) is 2.41. The first-order valence-corrected chi connectivity index (χ1v) is 6.60. The van der Waals surface area contributed by atoms with Gasteiger partial charge in [-0.2, -0.15) is 0 Å². The predicted octanol–water partition coefficient (Wildman–Crippen LogP) is 1.19. The molecule has 1 fully saturated rings. The van der Waals surface area contributed by atoms with Gasteiger partial charge in [-0.1, -0.05) is 12.1 Å². The lowest BCUT2D eigenvalue weighted by Gasteiger charge is -2.29. The van der Waals surface area contributed by atoms with E-state index in [0.29, 0.717) is 18.4 Å². The van der Waals surface area contributed by atoms with E-state index in [4.69, 9.17) is 15.6 Å². The van der Waals surface area contributed by atoms with Crippen LogP contribution in [0.2, 0.25) is 0 Å². The number of hydrogen-bond donors (Lipinski definition) is 2. The molecular formula is C14H20N2O3. The molecule has 0 spiro atoms. The van der Waals surface area contributed by atoms with Crippen molar-refractivity contribution < 1.29 is 14.6 Å². The van der Waals surface area contributed by atoms with Crippen molar-refractivity contribution >= 4 is 5.97 Å². The van der Waals surface area contributed by atoms with Crippen molar-refractivity contribution in [2.75, 3.05) is 26.2 Å². The smallest absolute Gasteiger partial charge is 0.339 e. The van der Waals surface area contributed by atoms with Gasteiger partial charge in [0.2, 0.25) is 0 Å². The Morgan fingerprint density at radius 2 is 2.05 bits per heavy atom. The number of likely N-dealkylation sites (tertiary alicyclic amines) is 1. The summed E-state index contributed by atoms with van der Waals surface area (Å²) in [5, 5.41) is 9.04. The van der Waals surface area contributed by atoms with Crippen LogP contribution in [0.25, 0.3) is 0 Å². The van der Waals surface area contributed by atoms with E-state index in [0.717, 1.165) is 32.5 Å². The largest absolute Gasteiger partial charge is 0.491 e. The third-order valence-corrected chi connectivity index (χ3v) is 3.41. The summed E-state index contributed by atoms with van der Waals surface area (Å²) in [6, 6.07) is 7.04. The lowest BCUT2D eigenvalue weighted by atomic mass is 10.1. The zero-order chi connectivity index (χ0) is 13.7. The topological polar surface area (TPSA) is 75.8 Å². The van der Waals surface area contributed by atoms with Crippen LogP contribution >= 0.6 is 0 Å². The van der Waals surface area contributed by atoms with Gasteiger partial charge in [-0.3, -0.25) is 4.90 Å². The van der Waals surface area contributed by atoms with Crippen LogP contribution in [0.3, 0.4) is 0 Å². The van der Waals surface area contributed by atoms with Gasteiger partial charge in [-0.05, 0) is 38.1 Å². The summed E-state index contributed by atoms with van der Waals surface area (Å²) in [7, 11) is 0. The van der Waals surface area contributed by atoms with E-state index in [1.54, 1.807) is 24.3 Å². The van der Waals surface area contributed by atoms with Crippen LogP contribution in [0.1, 0.15) is 23.2 Å². The first-order chi connectivity index (χ1) is 9.16. The van der Waals surface area contributed by atoms with Crippen molar-refractivity contribution in [3.63, 3.8) is 0 Å². The molecule has 0 aliphatic carbocycles. The Morgan fingerprint density at radius 1 is 1.37 bits per heavy atom. The molecule has 104 valence electrons. The zero-order valence-electron chi connectivity index (χ0n) is 10.9. The summed E-state index contributed by atoms with van der Waals surface area (Å²) >= 11 is 0. The maximum atomic E-state index is 11.0. The number of nitrogens with zero attached hydrogens (tertiary/aromatic N) is 1. The fourth-order valence-electron chi connectivity index (χ4n) is 2.23. The van der Waals surface area contributed by atoms with Gasteiger partial charge in [0.1, 0.15) is 17.9 Å². The maximum Gasteiger partial charge on any atom is 0.339 e. The highest BCUT2D eigenvalue weighted by molar-refractivity contribution is 5.90. The monoisotopic (exact) mass is 264 g/mol. The number of nitrogens with two attached hydrogens (primary N) is 1. The average molecular weight is 264 g/mol. The van der Waals surface area contributed by atoms with Gasteiger partial charge < -0.3 is 15.6 Å². The summed E-state index contributed by atoms with van der Waals surface area (Å²) in [6.07, 6.45) is 2.04. The van der Waals surface area contributed by atoms with Crippen molar-refractivity contribution in [1.82, 2.24) is 4.90 Å². The highest BCUT2D eigenvalue weighted by Crippen LogP contribution is 2.17. The number of aromatic carboxylic acids is 1. The van der Waals surface area contributed by atoms with Crippen LogP contribution in [-0.2, 0) is 0 Å². The first-order valence-electron chi connectivity index (χ1n) is 6.60. The summed E-state index contributed by atoms with van der Waals surface area (Å²) in [5.74, 6) is -0.525. The number of carbonyl (C=O) groups is 1. The molecule has 0 amide bonds. The fourth-order valence-corrected chi connectivity index (χ4v) is 2.23. The van der Waals surface area contributed by atoms with Gasteiger partial charge in [-0.25, -0.2) is 4.79 Å². The highest BCUT2D eigenvalue weighted by Gasteiger charge is 2.16. The predicted molar refractivity (Wildman–Crippen MR) is 72.5 cm³/mol. The Hall–Kier alpha value is -1.59. The molecule has 0 aromatic heterocycles. The number of rotatable bonds is 5. The Kier molecular flexibility index (Phi) is 4.76. The lowest BCUT2D eigenvalue weighted by Crippen LogP contribution is -2.41. The molecule has 1 aliphatic heterocycles. The van der Waals surface area contributed by atoms with Gasteiger partial charge in [0.15, 0.2) is 0 Å². The van der Waals surface area contributed by atoms with E-state index in [-0.39, 0.29) is 5.56 Å². The van der Waals surface area contributed by atoms with Crippen LogP contribution in [0.5, 0.6) is 5.75 Å². The van der Waals surface area contributed by atoms with Crippen molar-refractivity contribution in [1.29, 1.82) is 0 Å². The molecular weight excluding hydrogens is 244 g/mol.